The number of amides is 1. The fourth-order valence-corrected chi connectivity index (χ4v) is 3.62. The van der Waals surface area contributed by atoms with Crippen LogP contribution in [0.2, 0.25) is 0 Å². The molecule has 0 fully saturated rings. The van der Waals surface area contributed by atoms with Crippen LogP contribution in [0.1, 0.15) is 11.1 Å². The number of ether oxygens (including phenoxy) is 12. The Kier molecular flexibility index (Phi) is 30.2. The SMILES string of the molecule is COCCOCCOCCOCCOCCOCCOCCOCCOCCOCCOCCOC(=O)Nc1cc(C)cc(C)c1. The van der Waals surface area contributed by atoms with Gasteiger partial charge in [-0.1, -0.05) is 6.07 Å². The Hall–Kier alpha value is -1.95. The standard InChI is InChI=1S/C32H57NO13/c1-29-26-30(2)28-31(27-29)33-32(34)46-25-24-45-23-22-44-21-20-43-19-18-42-17-16-41-15-14-40-13-12-39-11-10-38-9-8-37-7-6-36-5-4-35-3/h26-28H,4-25H2,1-3H3,(H,33,34). The first-order valence-electron chi connectivity index (χ1n) is 15.9. The Balaban J connectivity index is 1.67. The van der Waals surface area contributed by atoms with Gasteiger partial charge in [-0.25, -0.2) is 4.79 Å². The van der Waals surface area contributed by atoms with E-state index in [-0.39, 0.29) is 6.61 Å². The minimum atomic E-state index is -0.505. The van der Waals surface area contributed by atoms with Gasteiger partial charge in [0.05, 0.1) is 139 Å². The van der Waals surface area contributed by atoms with Crippen LogP contribution in [0.4, 0.5) is 10.5 Å². The molecule has 0 aliphatic heterocycles. The van der Waals surface area contributed by atoms with Crippen LogP contribution in [0.3, 0.4) is 0 Å². The van der Waals surface area contributed by atoms with E-state index in [0.717, 1.165) is 11.1 Å². The fourth-order valence-electron chi connectivity index (χ4n) is 3.62. The molecule has 1 rings (SSSR count). The lowest BCUT2D eigenvalue weighted by Crippen LogP contribution is -2.18. The summed E-state index contributed by atoms with van der Waals surface area (Å²) in [5.41, 5.74) is 2.86. The molecule has 1 aromatic rings. The molecule has 0 heterocycles. The number of methoxy groups -OCH3 is 1. The summed E-state index contributed by atoms with van der Waals surface area (Å²) < 4.78 is 64.3. The van der Waals surface area contributed by atoms with Gasteiger partial charge in [0.1, 0.15) is 6.61 Å². The number of carbonyl (C=O) groups excluding carboxylic acids is 1. The van der Waals surface area contributed by atoms with Gasteiger partial charge in [-0.3, -0.25) is 5.32 Å². The van der Waals surface area contributed by atoms with E-state index in [2.05, 4.69) is 5.32 Å². The number of hydrogen-bond acceptors (Lipinski definition) is 13. The van der Waals surface area contributed by atoms with Crippen LogP contribution in [-0.2, 0) is 56.8 Å². The second kappa shape index (κ2) is 33.0. The van der Waals surface area contributed by atoms with Crippen molar-refractivity contribution >= 4 is 11.8 Å². The molecule has 268 valence electrons. The van der Waals surface area contributed by atoms with Gasteiger partial charge in [0.2, 0.25) is 0 Å². The van der Waals surface area contributed by atoms with Gasteiger partial charge >= 0.3 is 6.09 Å². The fraction of sp³-hybridized carbons (Fsp3) is 0.781. The van der Waals surface area contributed by atoms with E-state index in [1.165, 1.54) is 0 Å². The second-order valence-electron chi connectivity index (χ2n) is 9.75. The number of carbonyl (C=O) groups is 1. The minimum Gasteiger partial charge on any atom is -0.447 e. The van der Waals surface area contributed by atoms with Gasteiger partial charge in [0.25, 0.3) is 0 Å². The number of rotatable bonds is 34. The van der Waals surface area contributed by atoms with E-state index < -0.39 is 6.09 Å². The van der Waals surface area contributed by atoms with Gasteiger partial charge in [-0.2, -0.15) is 0 Å². The van der Waals surface area contributed by atoms with Gasteiger partial charge in [-0.15, -0.1) is 0 Å². The lowest BCUT2D eigenvalue weighted by molar-refractivity contribution is -0.0274. The van der Waals surface area contributed by atoms with Crippen molar-refractivity contribution in [2.75, 3.05) is 158 Å². The Morgan fingerprint density at radius 1 is 0.435 bits per heavy atom. The first-order valence-corrected chi connectivity index (χ1v) is 15.9. The highest BCUT2D eigenvalue weighted by atomic mass is 16.6. The molecule has 0 bridgehead atoms. The zero-order valence-electron chi connectivity index (χ0n) is 28.1. The third-order valence-corrected chi connectivity index (χ3v) is 5.71. The van der Waals surface area contributed by atoms with Gasteiger partial charge in [0, 0.05) is 12.8 Å². The van der Waals surface area contributed by atoms with Crippen LogP contribution in [0.25, 0.3) is 0 Å². The summed E-state index contributed by atoms with van der Waals surface area (Å²) >= 11 is 0. The van der Waals surface area contributed by atoms with Crippen LogP contribution < -0.4 is 5.32 Å². The van der Waals surface area contributed by atoms with E-state index in [1.54, 1.807) is 7.11 Å². The van der Waals surface area contributed by atoms with Crippen molar-refractivity contribution in [3.05, 3.63) is 29.3 Å². The van der Waals surface area contributed by atoms with Gasteiger partial charge in [0.15, 0.2) is 0 Å². The van der Waals surface area contributed by atoms with Gasteiger partial charge < -0.3 is 56.8 Å². The smallest absolute Gasteiger partial charge is 0.411 e. The molecule has 14 heteroatoms. The molecule has 0 radical (unpaired) electrons. The third-order valence-electron chi connectivity index (χ3n) is 5.71. The van der Waals surface area contributed by atoms with Crippen molar-refractivity contribution in [3.8, 4) is 0 Å². The van der Waals surface area contributed by atoms with E-state index in [0.29, 0.717) is 144 Å². The molecule has 0 unspecified atom stereocenters. The molecule has 0 saturated carbocycles. The first-order chi connectivity index (χ1) is 22.6. The molecule has 0 aliphatic carbocycles. The maximum Gasteiger partial charge on any atom is 0.411 e. The second-order valence-corrected chi connectivity index (χ2v) is 9.75. The number of hydrogen-bond donors (Lipinski definition) is 1. The largest absolute Gasteiger partial charge is 0.447 e. The summed E-state index contributed by atoms with van der Waals surface area (Å²) in [4.78, 5) is 11.8. The Bertz CT molecular complexity index is 798. The molecule has 1 N–H and O–H groups in total. The molecule has 0 aromatic heterocycles. The van der Waals surface area contributed by atoms with Crippen LogP contribution >= 0.6 is 0 Å². The highest BCUT2D eigenvalue weighted by molar-refractivity contribution is 5.84. The van der Waals surface area contributed by atoms with E-state index in [1.807, 2.05) is 32.0 Å². The topological polar surface area (TPSA) is 140 Å². The number of anilines is 1. The highest BCUT2D eigenvalue weighted by Crippen LogP contribution is 2.13. The van der Waals surface area contributed by atoms with E-state index in [4.69, 9.17) is 56.8 Å². The molecule has 1 aromatic carbocycles. The molecule has 0 saturated heterocycles. The Morgan fingerprint density at radius 2 is 0.696 bits per heavy atom. The molecule has 14 nitrogen and oxygen atoms in total. The molecular weight excluding hydrogens is 606 g/mol. The maximum atomic E-state index is 11.8. The molecule has 0 spiro atoms. The maximum absolute atomic E-state index is 11.8. The quantitative estimate of drug-likeness (QED) is 0.108. The predicted octanol–water partition coefficient (Wildman–Crippen LogP) is 2.66. The van der Waals surface area contributed by atoms with Crippen LogP contribution in [0, 0.1) is 13.8 Å². The van der Waals surface area contributed by atoms with Crippen molar-refractivity contribution in [1.82, 2.24) is 0 Å². The average molecular weight is 664 g/mol. The minimum absolute atomic E-state index is 0.164. The average Bonchev–Trinajstić information content (AvgIpc) is 3.02. The molecule has 0 aliphatic rings. The summed E-state index contributed by atoms with van der Waals surface area (Å²) in [6, 6.07) is 5.81. The van der Waals surface area contributed by atoms with Crippen LogP contribution in [-0.4, -0.2) is 159 Å². The summed E-state index contributed by atoms with van der Waals surface area (Å²) in [7, 11) is 1.64. The molecule has 46 heavy (non-hydrogen) atoms. The van der Waals surface area contributed by atoms with E-state index in [9.17, 15) is 4.79 Å². The lowest BCUT2D eigenvalue weighted by Gasteiger charge is -2.09. The summed E-state index contributed by atoms with van der Waals surface area (Å²) in [6.07, 6.45) is -0.505. The van der Waals surface area contributed by atoms with Crippen LogP contribution in [0.5, 0.6) is 0 Å². The van der Waals surface area contributed by atoms with Crippen molar-refractivity contribution in [3.63, 3.8) is 0 Å². The number of benzene rings is 1. The summed E-state index contributed by atoms with van der Waals surface area (Å²) in [5, 5.41) is 2.71. The molecule has 1 amide bonds. The summed E-state index contributed by atoms with van der Waals surface area (Å²) in [6.45, 7) is 14.5. The van der Waals surface area contributed by atoms with Crippen LogP contribution in [0.15, 0.2) is 18.2 Å². The number of aryl methyl sites for hydroxylation is 2. The Labute approximate surface area is 274 Å². The zero-order chi connectivity index (χ0) is 33.2. The normalized spacial score (nSPS) is 11.3. The van der Waals surface area contributed by atoms with Crippen molar-refractivity contribution in [1.29, 1.82) is 0 Å². The summed E-state index contributed by atoms with van der Waals surface area (Å²) in [5.74, 6) is 0. The van der Waals surface area contributed by atoms with Gasteiger partial charge in [-0.05, 0) is 37.1 Å². The predicted molar refractivity (Wildman–Crippen MR) is 171 cm³/mol. The number of nitrogens with one attached hydrogen (secondary N) is 1. The van der Waals surface area contributed by atoms with Crippen molar-refractivity contribution in [2.45, 2.75) is 13.8 Å². The monoisotopic (exact) mass is 663 g/mol. The van der Waals surface area contributed by atoms with Crippen molar-refractivity contribution < 1.29 is 61.6 Å². The first kappa shape index (κ1) is 42.1. The molecule has 0 atom stereocenters. The highest BCUT2D eigenvalue weighted by Gasteiger charge is 2.04. The Morgan fingerprint density at radius 3 is 0.978 bits per heavy atom. The van der Waals surface area contributed by atoms with Crippen molar-refractivity contribution in [2.24, 2.45) is 0 Å². The molecular formula is C32H57NO13. The lowest BCUT2D eigenvalue weighted by atomic mass is 10.1. The van der Waals surface area contributed by atoms with E-state index >= 15 is 0 Å². The zero-order valence-corrected chi connectivity index (χ0v) is 28.1. The third kappa shape index (κ3) is 29.5.